The molecule has 0 fully saturated rings. The first-order valence-corrected chi connectivity index (χ1v) is 15.5. The van der Waals surface area contributed by atoms with Crippen molar-refractivity contribution in [3.63, 3.8) is 0 Å². The summed E-state index contributed by atoms with van der Waals surface area (Å²) in [5.74, 6) is 0.100. The number of benzene rings is 2. The molecular weight excluding hydrogens is 495 g/mol. The van der Waals surface area contributed by atoms with Gasteiger partial charge in [-0.05, 0) is 39.5 Å². The van der Waals surface area contributed by atoms with Gasteiger partial charge in [0.15, 0.2) is 11.5 Å². The molecule has 0 saturated heterocycles. The molecule has 0 saturated carbocycles. The third-order valence-electron chi connectivity index (χ3n) is 8.05. The van der Waals surface area contributed by atoms with Crippen LogP contribution >= 0.6 is 0 Å². The van der Waals surface area contributed by atoms with Gasteiger partial charge in [-0.2, -0.15) is 0 Å². The number of H-pyrrole nitrogens is 1. The Labute approximate surface area is 226 Å². The number of nitrogens with zero attached hydrogens (tertiary/aromatic N) is 1. The SMILES string of the molecule is COc1cc(C(O)c2c[nH]c3nccc([Si](C(C)C)(C(C)C)C(C)C)c23)c(F)cc1OCc1ccccc1. The molecule has 2 heterocycles. The lowest BCUT2D eigenvalue weighted by molar-refractivity contribution is 0.214. The van der Waals surface area contributed by atoms with Crippen LogP contribution in [-0.2, 0) is 6.61 Å². The highest BCUT2D eigenvalue weighted by Crippen LogP contribution is 2.43. The van der Waals surface area contributed by atoms with Crippen molar-refractivity contribution >= 4 is 24.3 Å². The smallest absolute Gasteiger partial charge is 0.164 e. The average molecular weight is 535 g/mol. The first-order valence-electron chi connectivity index (χ1n) is 13.3. The molecule has 0 aliphatic rings. The van der Waals surface area contributed by atoms with E-state index in [1.54, 1.807) is 6.20 Å². The molecule has 0 radical (unpaired) electrons. The fourth-order valence-electron chi connectivity index (χ4n) is 6.53. The maximum Gasteiger partial charge on any atom is 0.164 e. The minimum Gasteiger partial charge on any atom is -0.493 e. The number of methoxy groups -OCH3 is 1. The fourth-order valence-corrected chi connectivity index (χ4v) is 13.5. The molecular formula is C31H39FN2O3Si. The number of rotatable bonds is 10. The van der Waals surface area contributed by atoms with Crippen molar-refractivity contribution in [1.82, 2.24) is 9.97 Å². The van der Waals surface area contributed by atoms with Crippen LogP contribution in [0.25, 0.3) is 11.0 Å². The number of halogens is 1. The number of nitrogens with one attached hydrogen (secondary N) is 1. The number of aromatic nitrogens is 2. The fraction of sp³-hybridized carbons (Fsp3) is 0.387. The van der Waals surface area contributed by atoms with E-state index in [-0.39, 0.29) is 17.9 Å². The van der Waals surface area contributed by atoms with Crippen LogP contribution in [0, 0.1) is 5.82 Å². The van der Waals surface area contributed by atoms with E-state index in [0.29, 0.717) is 33.6 Å². The van der Waals surface area contributed by atoms with Crippen molar-refractivity contribution in [2.75, 3.05) is 7.11 Å². The van der Waals surface area contributed by atoms with Gasteiger partial charge in [0.2, 0.25) is 0 Å². The predicted molar refractivity (Wildman–Crippen MR) is 155 cm³/mol. The summed E-state index contributed by atoms with van der Waals surface area (Å²) in [7, 11) is -0.589. The number of pyridine rings is 1. The molecule has 7 heteroatoms. The van der Waals surface area contributed by atoms with Gasteiger partial charge in [0.1, 0.15) is 24.2 Å². The van der Waals surface area contributed by atoms with Crippen LogP contribution < -0.4 is 14.7 Å². The number of aromatic amines is 1. The normalized spacial score (nSPS) is 13.1. The Kier molecular flexibility index (Phi) is 8.28. The largest absolute Gasteiger partial charge is 0.493 e. The lowest BCUT2D eigenvalue weighted by Crippen LogP contribution is -2.56. The highest BCUT2D eigenvalue weighted by atomic mass is 28.3. The first kappa shape index (κ1) is 27.9. The van der Waals surface area contributed by atoms with Crippen LogP contribution in [0.3, 0.4) is 0 Å². The van der Waals surface area contributed by atoms with E-state index < -0.39 is 20.0 Å². The molecule has 5 nitrogen and oxygen atoms in total. The maximum absolute atomic E-state index is 15.5. The van der Waals surface area contributed by atoms with Gasteiger partial charge in [0.05, 0.1) is 15.2 Å². The molecule has 2 N–H and O–H groups in total. The van der Waals surface area contributed by atoms with E-state index in [1.165, 1.54) is 24.4 Å². The third kappa shape index (κ3) is 4.85. The summed E-state index contributed by atoms with van der Waals surface area (Å²) in [5.41, 5.74) is 3.83. The zero-order chi connectivity index (χ0) is 27.6. The minimum atomic E-state index is -2.10. The topological polar surface area (TPSA) is 67.4 Å². The molecule has 1 unspecified atom stereocenters. The van der Waals surface area contributed by atoms with Crippen LogP contribution in [0.5, 0.6) is 11.5 Å². The van der Waals surface area contributed by atoms with E-state index in [0.717, 1.165) is 10.9 Å². The van der Waals surface area contributed by atoms with Gasteiger partial charge in [-0.1, -0.05) is 71.9 Å². The molecule has 0 amide bonds. The van der Waals surface area contributed by atoms with Gasteiger partial charge >= 0.3 is 0 Å². The Bertz CT molecular complexity index is 1360. The quantitative estimate of drug-likeness (QED) is 0.210. The molecule has 0 aliphatic heterocycles. The van der Waals surface area contributed by atoms with Crippen molar-refractivity contribution in [3.05, 3.63) is 83.4 Å². The second kappa shape index (κ2) is 11.3. The van der Waals surface area contributed by atoms with Crippen molar-refractivity contribution in [2.24, 2.45) is 0 Å². The molecule has 0 bridgehead atoms. The Morgan fingerprint density at radius 3 is 2.18 bits per heavy atom. The van der Waals surface area contributed by atoms with Crippen molar-refractivity contribution in [2.45, 2.75) is 70.9 Å². The van der Waals surface area contributed by atoms with Gasteiger partial charge < -0.3 is 19.6 Å². The van der Waals surface area contributed by atoms with Gasteiger partial charge in [0, 0.05) is 35.0 Å². The molecule has 38 heavy (non-hydrogen) atoms. The van der Waals surface area contributed by atoms with E-state index >= 15 is 4.39 Å². The highest BCUT2D eigenvalue weighted by molar-refractivity contribution is 6.96. The lowest BCUT2D eigenvalue weighted by Gasteiger charge is -2.44. The van der Waals surface area contributed by atoms with Crippen LogP contribution in [0.2, 0.25) is 16.6 Å². The third-order valence-corrected chi connectivity index (χ3v) is 15.1. The van der Waals surface area contributed by atoms with Gasteiger partial charge in [-0.3, -0.25) is 0 Å². The Balaban J connectivity index is 1.80. The number of aliphatic hydroxyl groups is 1. The summed E-state index contributed by atoms with van der Waals surface area (Å²) in [6.45, 7) is 14.1. The van der Waals surface area contributed by atoms with Crippen LogP contribution in [0.1, 0.15) is 64.3 Å². The van der Waals surface area contributed by atoms with Gasteiger partial charge in [-0.15, -0.1) is 0 Å². The molecule has 4 rings (SSSR count). The first-order chi connectivity index (χ1) is 18.1. The van der Waals surface area contributed by atoms with Crippen LogP contribution in [0.4, 0.5) is 4.39 Å². The number of ether oxygens (including phenoxy) is 2. The van der Waals surface area contributed by atoms with Crippen molar-refractivity contribution in [3.8, 4) is 11.5 Å². The summed E-state index contributed by atoms with van der Waals surface area (Å²) in [4.78, 5) is 7.81. The highest BCUT2D eigenvalue weighted by Gasteiger charge is 2.46. The second-order valence-corrected chi connectivity index (χ2v) is 16.8. The predicted octanol–water partition coefficient (Wildman–Crippen LogP) is 7.26. The van der Waals surface area contributed by atoms with Crippen LogP contribution in [0.15, 0.2) is 60.9 Å². The monoisotopic (exact) mass is 534 g/mol. The Morgan fingerprint density at radius 2 is 1.58 bits per heavy atom. The van der Waals surface area contributed by atoms with Gasteiger partial charge in [-0.25, -0.2) is 9.37 Å². The zero-order valence-electron chi connectivity index (χ0n) is 23.4. The molecule has 2 aromatic heterocycles. The summed E-state index contributed by atoms with van der Waals surface area (Å²) in [6, 6.07) is 14.6. The Morgan fingerprint density at radius 1 is 0.921 bits per heavy atom. The molecule has 1 atom stereocenters. The number of fused-ring (bicyclic) bond motifs is 1. The van der Waals surface area contributed by atoms with E-state index in [9.17, 15) is 5.11 Å². The summed E-state index contributed by atoms with van der Waals surface area (Å²) in [6.07, 6.45) is 2.40. The maximum atomic E-state index is 15.5. The van der Waals surface area contributed by atoms with E-state index in [4.69, 9.17) is 9.47 Å². The summed E-state index contributed by atoms with van der Waals surface area (Å²) >= 11 is 0. The molecule has 4 aromatic rings. The van der Waals surface area contributed by atoms with E-state index in [2.05, 4.69) is 57.6 Å². The zero-order valence-corrected chi connectivity index (χ0v) is 24.4. The molecule has 0 aliphatic carbocycles. The number of hydrogen-bond donors (Lipinski definition) is 2. The number of hydrogen-bond acceptors (Lipinski definition) is 4. The second-order valence-electron chi connectivity index (χ2n) is 10.9. The van der Waals surface area contributed by atoms with Crippen LogP contribution in [-0.4, -0.2) is 30.3 Å². The lowest BCUT2D eigenvalue weighted by atomic mass is 10.0. The standard InChI is InChI=1S/C31H39FN2O3Si/c1-19(2)38(20(3)4,21(5)6)28-13-14-33-31-29(28)24(17-34-31)30(35)23-15-26(36-7)27(16-25(23)32)37-18-22-11-9-8-10-12-22/h8-17,19-21,30,35H,18H2,1-7H3,(H,33,34). The molecule has 0 spiro atoms. The summed E-state index contributed by atoms with van der Waals surface area (Å²) in [5, 5.41) is 13.8. The van der Waals surface area contributed by atoms with E-state index in [1.807, 2.05) is 36.5 Å². The average Bonchev–Trinajstić information content (AvgIpc) is 3.32. The molecule has 202 valence electrons. The Hall–Kier alpha value is -3.16. The molecule has 2 aromatic carbocycles. The van der Waals surface area contributed by atoms with Gasteiger partial charge in [0.25, 0.3) is 0 Å². The minimum absolute atomic E-state index is 0.135. The summed E-state index contributed by atoms with van der Waals surface area (Å²) < 4.78 is 27.0. The number of aliphatic hydroxyl groups excluding tert-OH is 1. The van der Waals surface area contributed by atoms with Crippen molar-refractivity contribution in [1.29, 1.82) is 0 Å². The van der Waals surface area contributed by atoms with Crippen molar-refractivity contribution < 1.29 is 19.0 Å².